The van der Waals surface area contributed by atoms with Gasteiger partial charge in [-0.2, -0.15) is 5.10 Å². The van der Waals surface area contributed by atoms with Gasteiger partial charge in [-0.05, 0) is 6.42 Å². The monoisotopic (exact) mass is 169 g/mol. The molecule has 0 fully saturated rings. The quantitative estimate of drug-likeness (QED) is 0.715. The maximum Gasteiger partial charge on any atom is 0.137 e. The van der Waals surface area contributed by atoms with Gasteiger partial charge >= 0.3 is 0 Å². The average Bonchev–Trinajstić information content (AvgIpc) is 2.59. The summed E-state index contributed by atoms with van der Waals surface area (Å²) in [6.07, 6.45) is 6.37. The first kappa shape index (κ1) is 9.19. The molecule has 1 aromatic rings. The third-order valence-electron chi connectivity index (χ3n) is 1.91. The van der Waals surface area contributed by atoms with E-state index >= 15 is 0 Å². The van der Waals surface area contributed by atoms with Gasteiger partial charge in [0.15, 0.2) is 0 Å². The normalized spacial score (nSPS) is 13.2. The summed E-state index contributed by atoms with van der Waals surface area (Å²) >= 11 is 0. The molecule has 0 aliphatic carbocycles. The van der Waals surface area contributed by atoms with Crippen LogP contribution in [0.2, 0.25) is 0 Å². The summed E-state index contributed by atoms with van der Waals surface area (Å²) in [5, 5.41) is 13.0. The van der Waals surface area contributed by atoms with E-state index in [1.165, 1.54) is 6.33 Å². The van der Waals surface area contributed by atoms with Gasteiger partial charge in [0.1, 0.15) is 12.7 Å². The van der Waals surface area contributed by atoms with Crippen LogP contribution in [-0.2, 0) is 0 Å². The minimum absolute atomic E-state index is 0.104. The molecule has 0 amide bonds. The number of aromatic nitrogens is 3. The van der Waals surface area contributed by atoms with E-state index in [9.17, 15) is 0 Å². The molecule has 0 aromatic carbocycles. The summed E-state index contributed by atoms with van der Waals surface area (Å²) in [4.78, 5) is 3.84. The lowest BCUT2D eigenvalue weighted by Crippen LogP contribution is -2.13. The Labute approximate surface area is 72.2 Å². The molecule has 4 heteroatoms. The van der Waals surface area contributed by atoms with Crippen molar-refractivity contribution in [3.63, 3.8) is 0 Å². The standard InChI is InChI=1S/C8H15N3O/c1-2-3-4-8(5-12)11-7-9-6-10-11/h6-8,12H,2-5H2,1H3. The Kier molecular flexibility index (Phi) is 3.73. The summed E-state index contributed by atoms with van der Waals surface area (Å²) in [5.74, 6) is 0. The van der Waals surface area contributed by atoms with Crippen LogP contribution in [0.15, 0.2) is 12.7 Å². The van der Waals surface area contributed by atoms with Crippen molar-refractivity contribution in [2.75, 3.05) is 6.61 Å². The third kappa shape index (κ3) is 2.30. The molecule has 1 unspecified atom stereocenters. The van der Waals surface area contributed by atoms with Gasteiger partial charge in [-0.1, -0.05) is 19.8 Å². The fraction of sp³-hybridized carbons (Fsp3) is 0.750. The van der Waals surface area contributed by atoms with E-state index in [0.29, 0.717) is 0 Å². The number of hydrogen-bond donors (Lipinski definition) is 1. The molecule has 0 saturated heterocycles. The van der Waals surface area contributed by atoms with Gasteiger partial charge in [-0.3, -0.25) is 0 Å². The highest BCUT2D eigenvalue weighted by molar-refractivity contribution is 4.67. The molecular formula is C8H15N3O. The Morgan fingerprint density at radius 1 is 1.58 bits per heavy atom. The van der Waals surface area contributed by atoms with E-state index < -0.39 is 0 Å². The minimum Gasteiger partial charge on any atom is -0.394 e. The Balaban J connectivity index is 2.45. The van der Waals surface area contributed by atoms with Crippen molar-refractivity contribution in [2.45, 2.75) is 32.2 Å². The van der Waals surface area contributed by atoms with E-state index in [-0.39, 0.29) is 12.6 Å². The highest BCUT2D eigenvalue weighted by Crippen LogP contribution is 2.11. The largest absolute Gasteiger partial charge is 0.394 e. The van der Waals surface area contributed by atoms with E-state index in [1.807, 2.05) is 0 Å². The van der Waals surface area contributed by atoms with Gasteiger partial charge in [0.05, 0.1) is 12.6 Å². The molecule has 0 radical (unpaired) electrons. The Hall–Kier alpha value is -0.900. The van der Waals surface area contributed by atoms with Crippen LogP contribution in [0.25, 0.3) is 0 Å². The van der Waals surface area contributed by atoms with Crippen molar-refractivity contribution in [2.24, 2.45) is 0 Å². The van der Waals surface area contributed by atoms with Crippen LogP contribution < -0.4 is 0 Å². The molecule has 1 heterocycles. The summed E-state index contributed by atoms with van der Waals surface area (Å²) < 4.78 is 1.72. The second-order valence-electron chi connectivity index (χ2n) is 2.85. The van der Waals surface area contributed by atoms with E-state index in [1.54, 1.807) is 11.0 Å². The maximum atomic E-state index is 9.04. The minimum atomic E-state index is 0.104. The van der Waals surface area contributed by atoms with E-state index in [4.69, 9.17) is 5.11 Å². The Morgan fingerprint density at radius 3 is 2.92 bits per heavy atom. The lowest BCUT2D eigenvalue weighted by atomic mass is 10.1. The second kappa shape index (κ2) is 4.87. The predicted octanol–water partition coefficient (Wildman–Crippen LogP) is 1.00. The fourth-order valence-corrected chi connectivity index (χ4v) is 1.15. The molecule has 0 aliphatic rings. The van der Waals surface area contributed by atoms with Gasteiger partial charge in [0, 0.05) is 0 Å². The van der Waals surface area contributed by atoms with Crippen LogP contribution in [-0.4, -0.2) is 26.5 Å². The molecule has 0 bridgehead atoms. The van der Waals surface area contributed by atoms with Gasteiger partial charge in [-0.15, -0.1) is 0 Å². The van der Waals surface area contributed by atoms with Crippen LogP contribution >= 0.6 is 0 Å². The maximum absolute atomic E-state index is 9.04. The highest BCUT2D eigenvalue weighted by atomic mass is 16.3. The molecule has 1 rings (SSSR count). The van der Waals surface area contributed by atoms with Gasteiger partial charge in [0.25, 0.3) is 0 Å². The van der Waals surface area contributed by atoms with Crippen molar-refractivity contribution >= 4 is 0 Å². The van der Waals surface area contributed by atoms with Crippen LogP contribution in [0, 0.1) is 0 Å². The molecule has 0 aliphatic heterocycles. The zero-order valence-electron chi connectivity index (χ0n) is 7.35. The highest BCUT2D eigenvalue weighted by Gasteiger charge is 2.08. The van der Waals surface area contributed by atoms with Crippen molar-refractivity contribution < 1.29 is 5.11 Å². The van der Waals surface area contributed by atoms with E-state index in [0.717, 1.165) is 19.3 Å². The lowest BCUT2D eigenvalue weighted by Gasteiger charge is -2.12. The molecule has 4 nitrogen and oxygen atoms in total. The molecular weight excluding hydrogens is 154 g/mol. The van der Waals surface area contributed by atoms with Crippen LogP contribution in [0.5, 0.6) is 0 Å². The fourth-order valence-electron chi connectivity index (χ4n) is 1.15. The van der Waals surface area contributed by atoms with Crippen molar-refractivity contribution in [1.82, 2.24) is 14.8 Å². The van der Waals surface area contributed by atoms with Crippen LogP contribution in [0.3, 0.4) is 0 Å². The topological polar surface area (TPSA) is 50.9 Å². The Bertz CT molecular complexity index is 198. The van der Waals surface area contributed by atoms with Gasteiger partial charge in [0.2, 0.25) is 0 Å². The number of aliphatic hydroxyl groups is 1. The SMILES string of the molecule is CCCCC(CO)n1cncn1. The summed E-state index contributed by atoms with van der Waals surface area (Å²) in [6, 6.07) is 0.104. The van der Waals surface area contributed by atoms with Crippen molar-refractivity contribution in [3.8, 4) is 0 Å². The van der Waals surface area contributed by atoms with Gasteiger partial charge < -0.3 is 5.11 Å². The Morgan fingerprint density at radius 2 is 2.42 bits per heavy atom. The smallest absolute Gasteiger partial charge is 0.137 e. The molecule has 0 saturated carbocycles. The zero-order chi connectivity index (χ0) is 8.81. The molecule has 1 aromatic heterocycles. The molecule has 1 N–H and O–H groups in total. The average molecular weight is 169 g/mol. The number of hydrogen-bond acceptors (Lipinski definition) is 3. The molecule has 1 atom stereocenters. The van der Waals surface area contributed by atoms with Crippen LogP contribution in [0.1, 0.15) is 32.2 Å². The molecule has 0 spiro atoms. The summed E-state index contributed by atoms with van der Waals surface area (Å²) in [5.41, 5.74) is 0. The lowest BCUT2D eigenvalue weighted by molar-refractivity contribution is 0.208. The third-order valence-corrected chi connectivity index (χ3v) is 1.91. The van der Waals surface area contributed by atoms with Crippen molar-refractivity contribution in [3.05, 3.63) is 12.7 Å². The first-order valence-electron chi connectivity index (χ1n) is 4.33. The molecule has 68 valence electrons. The zero-order valence-corrected chi connectivity index (χ0v) is 7.35. The van der Waals surface area contributed by atoms with E-state index in [2.05, 4.69) is 17.0 Å². The number of unbranched alkanes of at least 4 members (excludes halogenated alkanes) is 1. The van der Waals surface area contributed by atoms with Crippen LogP contribution in [0.4, 0.5) is 0 Å². The first-order valence-corrected chi connectivity index (χ1v) is 4.33. The second-order valence-corrected chi connectivity index (χ2v) is 2.85. The number of rotatable bonds is 5. The predicted molar refractivity (Wildman–Crippen MR) is 45.7 cm³/mol. The van der Waals surface area contributed by atoms with Crippen molar-refractivity contribution in [1.29, 1.82) is 0 Å². The first-order chi connectivity index (χ1) is 5.88. The summed E-state index contributed by atoms with van der Waals surface area (Å²) in [6.45, 7) is 2.28. The number of aliphatic hydroxyl groups excluding tert-OH is 1. The molecule has 12 heavy (non-hydrogen) atoms. The summed E-state index contributed by atoms with van der Waals surface area (Å²) in [7, 11) is 0. The van der Waals surface area contributed by atoms with Gasteiger partial charge in [-0.25, -0.2) is 9.67 Å². The number of nitrogens with zero attached hydrogens (tertiary/aromatic N) is 3.